The molecule has 0 aromatic heterocycles. The van der Waals surface area contributed by atoms with Crippen molar-refractivity contribution < 1.29 is 0 Å². The van der Waals surface area contributed by atoms with Crippen LogP contribution in [0.3, 0.4) is 0 Å². The van der Waals surface area contributed by atoms with Crippen LogP contribution in [0.4, 0.5) is 0 Å². The minimum atomic E-state index is -0.489. The van der Waals surface area contributed by atoms with Crippen LogP contribution in [0.5, 0.6) is 0 Å². The van der Waals surface area contributed by atoms with E-state index in [1.165, 1.54) is 0 Å². The highest BCUT2D eigenvalue weighted by molar-refractivity contribution is 6.31. The standard InChI is InChI=1S/C12H12Cl2/c1-9-4-5-10(8-11(9)13)6-7-12(2,3)14/h4-5,8H,1-3H3. The fourth-order valence-electron chi connectivity index (χ4n) is 0.891. The molecule has 0 unspecified atom stereocenters. The van der Waals surface area contributed by atoms with Gasteiger partial charge in [-0.3, -0.25) is 0 Å². The number of rotatable bonds is 0. The lowest BCUT2D eigenvalue weighted by molar-refractivity contribution is 0.917. The molecule has 0 amide bonds. The molecule has 1 rings (SSSR count). The van der Waals surface area contributed by atoms with E-state index in [0.717, 1.165) is 16.1 Å². The van der Waals surface area contributed by atoms with Crippen LogP contribution in [0.1, 0.15) is 25.0 Å². The second-order valence-electron chi connectivity index (χ2n) is 3.69. The van der Waals surface area contributed by atoms with Crippen molar-refractivity contribution in [1.29, 1.82) is 0 Å². The van der Waals surface area contributed by atoms with Gasteiger partial charge in [0.25, 0.3) is 0 Å². The van der Waals surface area contributed by atoms with Crippen LogP contribution in [0, 0.1) is 18.8 Å². The molecule has 0 heterocycles. The number of alkyl halides is 1. The van der Waals surface area contributed by atoms with Crippen LogP contribution in [0.15, 0.2) is 18.2 Å². The van der Waals surface area contributed by atoms with Gasteiger partial charge in [-0.25, -0.2) is 0 Å². The van der Waals surface area contributed by atoms with Gasteiger partial charge in [0.05, 0.1) is 4.87 Å². The molecule has 0 aliphatic rings. The zero-order valence-electron chi connectivity index (χ0n) is 8.49. The van der Waals surface area contributed by atoms with Gasteiger partial charge in [0, 0.05) is 10.6 Å². The summed E-state index contributed by atoms with van der Waals surface area (Å²) in [6.45, 7) is 5.68. The Hall–Kier alpha value is -0.640. The molecule has 0 radical (unpaired) electrons. The van der Waals surface area contributed by atoms with Crippen LogP contribution in [-0.2, 0) is 0 Å². The Morgan fingerprint density at radius 3 is 2.43 bits per heavy atom. The van der Waals surface area contributed by atoms with E-state index in [9.17, 15) is 0 Å². The molecule has 74 valence electrons. The third kappa shape index (κ3) is 3.62. The molecule has 0 N–H and O–H groups in total. The van der Waals surface area contributed by atoms with E-state index in [0.29, 0.717) is 0 Å². The molecule has 1 aromatic carbocycles. The quantitative estimate of drug-likeness (QED) is 0.464. The number of aryl methyl sites for hydroxylation is 1. The summed E-state index contributed by atoms with van der Waals surface area (Å²) in [5.41, 5.74) is 1.96. The smallest absolute Gasteiger partial charge is 0.0997 e. The molecule has 0 spiro atoms. The van der Waals surface area contributed by atoms with Crippen LogP contribution >= 0.6 is 23.2 Å². The molecule has 2 heteroatoms. The van der Waals surface area contributed by atoms with E-state index in [1.54, 1.807) is 0 Å². The molecule has 0 bridgehead atoms. The highest BCUT2D eigenvalue weighted by Gasteiger charge is 2.06. The monoisotopic (exact) mass is 226 g/mol. The Kier molecular flexibility index (Phi) is 3.48. The predicted octanol–water partition coefficient (Wildman–Crippen LogP) is 4.02. The fraction of sp³-hybridized carbons (Fsp3) is 0.333. The van der Waals surface area contributed by atoms with Crippen molar-refractivity contribution in [3.63, 3.8) is 0 Å². The molecule has 0 fully saturated rings. The molecule has 0 aliphatic heterocycles. The summed E-state index contributed by atoms with van der Waals surface area (Å²) >= 11 is 11.9. The molecule has 0 atom stereocenters. The fourth-order valence-corrected chi connectivity index (χ4v) is 1.12. The van der Waals surface area contributed by atoms with Crippen molar-refractivity contribution in [3.05, 3.63) is 34.3 Å². The van der Waals surface area contributed by atoms with Gasteiger partial charge in [-0.2, -0.15) is 0 Å². The highest BCUT2D eigenvalue weighted by atomic mass is 35.5. The molecule has 1 aromatic rings. The summed E-state index contributed by atoms with van der Waals surface area (Å²) in [6.07, 6.45) is 0. The number of hydrogen-bond donors (Lipinski definition) is 0. The maximum atomic E-state index is 5.96. The summed E-state index contributed by atoms with van der Waals surface area (Å²) < 4.78 is 0. The first kappa shape index (κ1) is 11.4. The van der Waals surface area contributed by atoms with Crippen molar-refractivity contribution in [2.24, 2.45) is 0 Å². The van der Waals surface area contributed by atoms with E-state index in [4.69, 9.17) is 23.2 Å². The van der Waals surface area contributed by atoms with Crippen LogP contribution in [0.25, 0.3) is 0 Å². The molecule has 0 saturated carbocycles. The molecule has 0 nitrogen and oxygen atoms in total. The second-order valence-corrected chi connectivity index (χ2v) is 5.04. The topological polar surface area (TPSA) is 0 Å². The summed E-state index contributed by atoms with van der Waals surface area (Å²) in [4.78, 5) is -0.489. The third-order valence-corrected chi connectivity index (χ3v) is 2.18. The van der Waals surface area contributed by atoms with E-state index >= 15 is 0 Å². The van der Waals surface area contributed by atoms with Gasteiger partial charge in [0.15, 0.2) is 0 Å². The Morgan fingerprint density at radius 1 is 1.29 bits per heavy atom. The zero-order chi connectivity index (χ0) is 10.8. The molecule has 0 saturated heterocycles. The van der Waals surface area contributed by atoms with Gasteiger partial charge in [-0.1, -0.05) is 29.5 Å². The molecule has 14 heavy (non-hydrogen) atoms. The average molecular weight is 227 g/mol. The van der Waals surface area contributed by atoms with Gasteiger partial charge in [0.1, 0.15) is 0 Å². The van der Waals surface area contributed by atoms with Crippen LogP contribution < -0.4 is 0 Å². The van der Waals surface area contributed by atoms with E-state index < -0.39 is 4.87 Å². The van der Waals surface area contributed by atoms with Gasteiger partial charge in [-0.15, -0.1) is 11.6 Å². The number of hydrogen-bond acceptors (Lipinski definition) is 0. The van der Waals surface area contributed by atoms with E-state index in [2.05, 4.69) is 11.8 Å². The Labute approximate surface area is 95.2 Å². The number of benzene rings is 1. The normalized spacial score (nSPS) is 10.6. The second kappa shape index (κ2) is 4.26. The van der Waals surface area contributed by atoms with Gasteiger partial charge in [-0.05, 0) is 38.5 Å². The lowest BCUT2D eigenvalue weighted by Crippen LogP contribution is -2.04. The molecular weight excluding hydrogens is 215 g/mol. The summed E-state index contributed by atoms with van der Waals surface area (Å²) in [5, 5.41) is 0.740. The van der Waals surface area contributed by atoms with Crippen molar-refractivity contribution in [2.75, 3.05) is 0 Å². The minimum Gasteiger partial charge on any atom is -0.106 e. The Morgan fingerprint density at radius 2 is 1.93 bits per heavy atom. The Balaban J connectivity index is 2.98. The van der Waals surface area contributed by atoms with E-state index in [1.807, 2.05) is 39.0 Å². The first-order valence-corrected chi connectivity index (χ1v) is 5.12. The van der Waals surface area contributed by atoms with Crippen molar-refractivity contribution in [3.8, 4) is 11.8 Å². The average Bonchev–Trinajstić information content (AvgIpc) is 2.06. The van der Waals surface area contributed by atoms with E-state index in [-0.39, 0.29) is 0 Å². The predicted molar refractivity (Wildman–Crippen MR) is 63.0 cm³/mol. The SMILES string of the molecule is Cc1ccc(C#CC(C)(C)Cl)cc1Cl. The lowest BCUT2D eigenvalue weighted by atomic mass is 10.1. The largest absolute Gasteiger partial charge is 0.106 e. The highest BCUT2D eigenvalue weighted by Crippen LogP contribution is 2.16. The van der Waals surface area contributed by atoms with Crippen molar-refractivity contribution in [2.45, 2.75) is 25.6 Å². The number of halogens is 2. The lowest BCUT2D eigenvalue weighted by Gasteiger charge is -2.04. The molecule has 0 aliphatic carbocycles. The van der Waals surface area contributed by atoms with Gasteiger partial charge < -0.3 is 0 Å². The maximum absolute atomic E-state index is 5.96. The van der Waals surface area contributed by atoms with Crippen LogP contribution in [-0.4, -0.2) is 4.87 Å². The summed E-state index contributed by atoms with van der Waals surface area (Å²) in [7, 11) is 0. The summed E-state index contributed by atoms with van der Waals surface area (Å²) in [6, 6.07) is 5.75. The first-order chi connectivity index (χ1) is 6.38. The van der Waals surface area contributed by atoms with Crippen molar-refractivity contribution >= 4 is 23.2 Å². The minimum absolute atomic E-state index is 0.489. The third-order valence-electron chi connectivity index (χ3n) is 1.68. The van der Waals surface area contributed by atoms with Gasteiger partial charge in [0.2, 0.25) is 0 Å². The molecular formula is C12H12Cl2. The zero-order valence-corrected chi connectivity index (χ0v) is 10.00. The van der Waals surface area contributed by atoms with Gasteiger partial charge >= 0.3 is 0 Å². The van der Waals surface area contributed by atoms with Crippen molar-refractivity contribution in [1.82, 2.24) is 0 Å². The van der Waals surface area contributed by atoms with Crippen LogP contribution in [0.2, 0.25) is 5.02 Å². The Bertz CT molecular complexity index is 389. The first-order valence-electron chi connectivity index (χ1n) is 4.37. The maximum Gasteiger partial charge on any atom is 0.0997 e. The summed E-state index contributed by atoms with van der Waals surface area (Å²) in [5.74, 6) is 5.93.